The van der Waals surface area contributed by atoms with Crippen molar-refractivity contribution in [3.8, 4) is 0 Å². The summed E-state index contributed by atoms with van der Waals surface area (Å²) in [5, 5.41) is 6.03. The lowest BCUT2D eigenvalue weighted by molar-refractivity contribution is -0.126. The van der Waals surface area contributed by atoms with Gasteiger partial charge in [0.25, 0.3) is 0 Å². The number of piperazine rings is 1. The molecule has 2 N–H and O–H groups in total. The van der Waals surface area contributed by atoms with Crippen LogP contribution in [0.1, 0.15) is 34.6 Å². The minimum absolute atomic E-state index is 0.0184. The quantitative estimate of drug-likeness (QED) is 0.596. The van der Waals surface area contributed by atoms with E-state index < -0.39 is 0 Å². The van der Waals surface area contributed by atoms with Crippen molar-refractivity contribution in [3.63, 3.8) is 0 Å². The number of hydrogen-bond donors (Lipinski definition) is 2. The summed E-state index contributed by atoms with van der Waals surface area (Å²) in [7, 11) is 0. The Morgan fingerprint density at radius 3 is 2.08 bits per heavy atom. The molecule has 13 heavy (non-hydrogen) atoms. The minimum Gasteiger partial charge on any atom is -0.353 e. The molecule has 1 atom stereocenters. The molecule has 0 radical (unpaired) electrons. The van der Waals surface area contributed by atoms with Crippen molar-refractivity contribution in [2.24, 2.45) is 5.41 Å². The van der Waals surface area contributed by atoms with Crippen LogP contribution >= 0.6 is 0 Å². The highest BCUT2D eigenvalue weighted by Crippen LogP contribution is 2.19. The monoisotopic (exact) mass is 186 g/mol. The summed E-state index contributed by atoms with van der Waals surface area (Å²) in [6, 6.07) is -0.0313. The molecule has 1 aliphatic heterocycles. The van der Waals surface area contributed by atoms with Crippen LogP contribution in [-0.4, -0.2) is 25.0 Å². The summed E-state index contributed by atoms with van der Waals surface area (Å²) in [6.07, 6.45) is 0. The zero-order valence-corrected chi connectivity index (χ0v) is 9.40. The molecule has 0 aliphatic carbocycles. The van der Waals surface area contributed by atoms with Crippen LogP contribution in [0.3, 0.4) is 0 Å². The first kappa shape index (κ1) is 12.4. The van der Waals surface area contributed by atoms with Gasteiger partial charge in [-0.1, -0.05) is 34.6 Å². The van der Waals surface area contributed by atoms with Crippen molar-refractivity contribution in [1.82, 2.24) is 10.6 Å². The smallest absolute Gasteiger partial charge is 0.237 e. The fourth-order valence-corrected chi connectivity index (χ4v) is 1.30. The average molecular weight is 186 g/mol. The molecule has 1 aliphatic rings. The van der Waals surface area contributed by atoms with Gasteiger partial charge in [-0.15, -0.1) is 0 Å². The first-order valence-corrected chi connectivity index (χ1v) is 5.03. The van der Waals surface area contributed by atoms with Crippen LogP contribution in [-0.2, 0) is 4.79 Å². The van der Waals surface area contributed by atoms with Gasteiger partial charge in [0.1, 0.15) is 0 Å². The maximum absolute atomic E-state index is 11.3. The number of nitrogens with one attached hydrogen (secondary N) is 2. The van der Waals surface area contributed by atoms with Gasteiger partial charge < -0.3 is 10.6 Å². The van der Waals surface area contributed by atoms with Crippen molar-refractivity contribution in [1.29, 1.82) is 0 Å². The normalized spacial score (nSPS) is 22.8. The van der Waals surface area contributed by atoms with Gasteiger partial charge in [-0.2, -0.15) is 0 Å². The predicted molar refractivity (Wildman–Crippen MR) is 55.6 cm³/mol. The maximum Gasteiger partial charge on any atom is 0.237 e. The fourth-order valence-electron chi connectivity index (χ4n) is 1.30. The molecule has 1 amide bonds. The van der Waals surface area contributed by atoms with E-state index in [0.717, 1.165) is 13.1 Å². The van der Waals surface area contributed by atoms with E-state index in [1.807, 2.05) is 13.8 Å². The van der Waals surface area contributed by atoms with Gasteiger partial charge in [0.2, 0.25) is 5.91 Å². The first-order chi connectivity index (χ1) is 6.02. The molecule has 3 heteroatoms. The summed E-state index contributed by atoms with van der Waals surface area (Å²) < 4.78 is 0. The van der Waals surface area contributed by atoms with E-state index in [2.05, 4.69) is 31.4 Å². The Labute approximate surface area is 81.3 Å². The van der Waals surface area contributed by atoms with Gasteiger partial charge in [0.05, 0.1) is 6.04 Å². The summed E-state index contributed by atoms with van der Waals surface area (Å²) in [4.78, 5) is 11.3. The third-order valence-electron chi connectivity index (χ3n) is 1.90. The molecular weight excluding hydrogens is 164 g/mol. The number of carbonyl (C=O) groups is 1. The molecule has 0 bridgehead atoms. The van der Waals surface area contributed by atoms with Crippen LogP contribution in [0.2, 0.25) is 0 Å². The molecular formula is C10H22N2O. The molecule has 1 unspecified atom stereocenters. The lowest BCUT2D eigenvalue weighted by Crippen LogP contribution is -2.58. The van der Waals surface area contributed by atoms with E-state index in [0.29, 0.717) is 0 Å². The van der Waals surface area contributed by atoms with Gasteiger partial charge in [0, 0.05) is 13.1 Å². The molecule has 1 rings (SSSR count). The highest BCUT2D eigenvalue weighted by atomic mass is 16.2. The standard InChI is InChI=1S/C8H16N2O.C2H6/c1-8(2,3)6-7(11)10-5-4-9-6;1-2/h6,9H,4-5H2,1-3H3,(H,10,11);1-2H3. The molecule has 1 fully saturated rings. The predicted octanol–water partition coefficient (Wildman–Crippen LogP) is 1.15. The van der Waals surface area contributed by atoms with E-state index >= 15 is 0 Å². The molecule has 0 aromatic rings. The van der Waals surface area contributed by atoms with E-state index in [4.69, 9.17) is 0 Å². The van der Waals surface area contributed by atoms with Gasteiger partial charge in [-0.3, -0.25) is 4.79 Å². The SMILES string of the molecule is CC.CC(C)(C)C1NCCNC1=O. The Morgan fingerprint density at radius 2 is 1.77 bits per heavy atom. The Bertz CT molecular complexity index is 161. The van der Waals surface area contributed by atoms with Crippen molar-refractivity contribution in [3.05, 3.63) is 0 Å². The zero-order valence-electron chi connectivity index (χ0n) is 9.40. The van der Waals surface area contributed by atoms with Crippen LogP contribution in [0.15, 0.2) is 0 Å². The largest absolute Gasteiger partial charge is 0.353 e. The van der Waals surface area contributed by atoms with E-state index in [1.54, 1.807) is 0 Å². The molecule has 1 saturated heterocycles. The van der Waals surface area contributed by atoms with Crippen molar-refractivity contribution < 1.29 is 4.79 Å². The third-order valence-corrected chi connectivity index (χ3v) is 1.90. The minimum atomic E-state index is -0.0313. The topological polar surface area (TPSA) is 41.1 Å². The maximum atomic E-state index is 11.3. The molecule has 78 valence electrons. The highest BCUT2D eigenvalue weighted by molar-refractivity contribution is 5.83. The second kappa shape index (κ2) is 5.22. The Morgan fingerprint density at radius 1 is 1.23 bits per heavy atom. The lowest BCUT2D eigenvalue weighted by Gasteiger charge is -2.33. The van der Waals surface area contributed by atoms with Gasteiger partial charge in [-0.25, -0.2) is 0 Å². The Hall–Kier alpha value is -0.570. The third kappa shape index (κ3) is 3.77. The van der Waals surface area contributed by atoms with Crippen molar-refractivity contribution in [2.75, 3.05) is 13.1 Å². The van der Waals surface area contributed by atoms with Gasteiger partial charge in [-0.05, 0) is 5.41 Å². The highest BCUT2D eigenvalue weighted by Gasteiger charge is 2.32. The second-order valence-corrected chi connectivity index (χ2v) is 4.04. The average Bonchev–Trinajstić information content (AvgIpc) is 2.07. The van der Waals surface area contributed by atoms with Crippen LogP contribution < -0.4 is 10.6 Å². The number of carbonyl (C=O) groups excluding carboxylic acids is 1. The van der Waals surface area contributed by atoms with Crippen molar-refractivity contribution >= 4 is 5.91 Å². The van der Waals surface area contributed by atoms with Crippen LogP contribution in [0.25, 0.3) is 0 Å². The lowest BCUT2D eigenvalue weighted by atomic mass is 9.85. The van der Waals surface area contributed by atoms with Crippen LogP contribution in [0.5, 0.6) is 0 Å². The Balaban J connectivity index is 0.000000671. The van der Waals surface area contributed by atoms with Crippen LogP contribution in [0.4, 0.5) is 0 Å². The molecule has 0 aromatic heterocycles. The second-order valence-electron chi connectivity index (χ2n) is 4.04. The number of rotatable bonds is 0. The molecule has 1 heterocycles. The van der Waals surface area contributed by atoms with E-state index in [1.165, 1.54) is 0 Å². The van der Waals surface area contributed by atoms with E-state index in [9.17, 15) is 4.79 Å². The zero-order chi connectivity index (χ0) is 10.5. The van der Waals surface area contributed by atoms with Gasteiger partial charge >= 0.3 is 0 Å². The summed E-state index contributed by atoms with van der Waals surface area (Å²) >= 11 is 0. The van der Waals surface area contributed by atoms with E-state index in [-0.39, 0.29) is 17.4 Å². The Kier molecular flexibility index (Phi) is 4.99. The molecule has 0 saturated carbocycles. The van der Waals surface area contributed by atoms with Crippen LogP contribution in [0, 0.1) is 5.41 Å². The van der Waals surface area contributed by atoms with Crippen molar-refractivity contribution in [2.45, 2.75) is 40.7 Å². The summed E-state index contributed by atoms with van der Waals surface area (Å²) in [6.45, 7) is 11.8. The summed E-state index contributed by atoms with van der Waals surface area (Å²) in [5.41, 5.74) is 0.0184. The number of hydrogen-bond acceptors (Lipinski definition) is 2. The first-order valence-electron chi connectivity index (χ1n) is 5.03. The fraction of sp³-hybridized carbons (Fsp3) is 0.900. The molecule has 0 aromatic carbocycles. The molecule has 3 nitrogen and oxygen atoms in total. The number of amides is 1. The summed E-state index contributed by atoms with van der Waals surface area (Å²) in [5.74, 6) is 0.128. The van der Waals surface area contributed by atoms with Gasteiger partial charge in [0.15, 0.2) is 0 Å². The molecule has 0 spiro atoms.